The third kappa shape index (κ3) is 5.43. The number of hydrogen-bond donors (Lipinski definition) is 1. The SMILES string of the molecule is CCC(C)CN(CC)CCC(NC)c1ccccc1Cl. The molecule has 0 aromatic heterocycles. The molecule has 1 aromatic carbocycles. The van der Waals surface area contributed by atoms with Crippen molar-refractivity contribution in [2.45, 2.75) is 39.7 Å². The molecule has 1 aromatic rings. The normalized spacial score (nSPS) is 14.5. The van der Waals surface area contributed by atoms with Crippen molar-refractivity contribution >= 4 is 11.6 Å². The molecule has 20 heavy (non-hydrogen) atoms. The lowest BCUT2D eigenvalue weighted by molar-refractivity contribution is 0.234. The summed E-state index contributed by atoms with van der Waals surface area (Å²) in [6.45, 7) is 10.2. The van der Waals surface area contributed by atoms with Crippen LogP contribution in [0.3, 0.4) is 0 Å². The standard InChI is InChI=1S/C17H29ClN2/c1-5-14(3)13-20(6-2)12-11-17(19-4)15-9-7-8-10-16(15)18/h7-10,14,17,19H,5-6,11-13H2,1-4H3. The molecule has 3 heteroatoms. The Morgan fingerprint density at radius 1 is 1.25 bits per heavy atom. The van der Waals surface area contributed by atoms with Gasteiger partial charge < -0.3 is 10.2 Å². The van der Waals surface area contributed by atoms with Crippen molar-refractivity contribution in [3.05, 3.63) is 34.9 Å². The second-order valence-corrected chi connectivity index (χ2v) is 5.97. The molecule has 0 aliphatic rings. The van der Waals surface area contributed by atoms with Crippen molar-refractivity contribution in [3.63, 3.8) is 0 Å². The van der Waals surface area contributed by atoms with E-state index in [2.05, 4.69) is 43.1 Å². The molecule has 0 radical (unpaired) electrons. The van der Waals surface area contributed by atoms with E-state index < -0.39 is 0 Å². The molecule has 2 atom stereocenters. The Morgan fingerprint density at radius 2 is 1.95 bits per heavy atom. The van der Waals surface area contributed by atoms with Gasteiger partial charge in [-0.15, -0.1) is 0 Å². The summed E-state index contributed by atoms with van der Waals surface area (Å²) >= 11 is 6.30. The summed E-state index contributed by atoms with van der Waals surface area (Å²) in [6.07, 6.45) is 2.33. The van der Waals surface area contributed by atoms with Crippen LogP contribution < -0.4 is 5.32 Å². The van der Waals surface area contributed by atoms with Gasteiger partial charge in [-0.2, -0.15) is 0 Å². The third-order valence-electron chi connectivity index (χ3n) is 4.08. The zero-order valence-electron chi connectivity index (χ0n) is 13.3. The second-order valence-electron chi connectivity index (χ2n) is 5.56. The maximum atomic E-state index is 6.30. The van der Waals surface area contributed by atoms with E-state index in [1.54, 1.807) is 0 Å². The molecule has 114 valence electrons. The van der Waals surface area contributed by atoms with Crippen molar-refractivity contribution < 1.29 is 0 Å². The maximum absolute atomic E-state index is 6.30. The first-order valence-electron chi connectivity index (χ1n) is 7.76. The Labute approximate surface area is 129 Å². The molecule has 1 N–H and O–H groups in total. The fourth-order valence-corrected chi connectivity index (χ4v) is 2.74. The Kier molecular flexibility index (Phi) is 8.20. The van der Waals surface area contributed by atoms with Crippen LogP contribution in [0.1, 0.15) is 45.2 Å². The number of halogens is 1. The zero-order valence-corrected chi connectivity index (χ0v) is 14.1. The fourth-order valence-electron chi connectivity index (χ4n) is 2.47. The molecule has 0 aliphatic carbocycles. The highest BCUT2D eigenvalue weighted by Gasteiger charge is 2.14. The lowest BCUT2D eigenvalue weighted by Gasteiger charge is -2.26. The van der Waals surface area contributed by atoms with Crippen molar-refractivity contribution in [2.24, 2.45) is 5.92 Å². The highest BCUT2D eigenvalue weighted by Crippen LogP contribution is 2.25. The smallest absolute Gasteiger partial charge is 0.0453 e. The van der Waals surface area contributed by atoms with Gasteiger partial charge in [0.15, 0.2) is 0 Å². The molecule has 2 unspecified atom stereocenters. The van der Waals surface area contributed by atoms with Crippen molar-refractivity contribution in [3.8, 4) is 0 Å². The number of nitrogens with zero attached hydrogens (tertiary/aromatic N) is 1. The molecular weight excluding hydrogens is 268 g/mol. The quantitative estimate of drug-likeness (QED) is 0.728. The van der Waals surface area contributed by atoms with Crippen LogP contribution in [0.5, 0.6) is 0 Å². The van der Waals surface area contributed by atoms with Crippen LogP contribution in [-0.2, 0) is 0 Å². The number of nitrogens with one attached hydrogen (secondary N) is 1. The minimum atomic E-state index is 0.328. The van der Waals surface area contributed by atoms with Gasteiger partial charge in [0.2, 0.25) is 0 Å². The Morgan fingerprint density at radius 3 is 2.50 bits per heavy atom. The highest BCUT2D eigenvalue weighted by molar-refractivity contribution is 6.31. The summed E-state index contributed by atoms with van der Waals surface area (Å²) in [6, 6.07) is 8.46. The summed E-state index contributed by atoms with van der Waals surface area (Å²) in [5.41, 5.74) is 1.20. The topological polar surface area (TPSA) is 15.3 Å². The Balaban J connectivity index is 2.58. The van der Waals surface area contributed by atoms with Crippen LogP contribution in [0.15, 0.2) is 24.3 Å². The zero-order chi connectivity index (χ0) is 15.0. The summed E-state index contributed by atoms with van der Waals surface area (Å²) < 4.78 is 0. The molecule has 2 nitrogen and oxygen atoms in total. The number of rotatable bonds is 9. The summed E-state index contributed by atoms with van der Waals surface area (Å²) in [7, 11) is 2.01. The molecule has 0 saturated carbocycles. The van der Waals surface area contributed by atoms with E-state index >= 15 is 0 Å². The minimum absolute atomic E-state index is 0.328. The lowest BCUT2D eigenvalue weighted by Crippen LogP contribution is -2.31. The monoisotopic (exact) mass is 296 g/mol. The first-order valence-corrected chi connectivity index (χ1v) is 8.14. The lowest BCUT2D eigenvalue weighted by atomic mass is 10.0. The van der Waals surface area contributed by atoms with E-state index in [-0.39, 0.29) is 0 Å². The number of hydrogen-bond acceptors (Lipinski definition) is 2. The molecule has 0 fully saturated rings. The van der Waals surface area contributed by atoms with Gasteiger partial charge in [0.25, 0.3) is 0 Å². The van der Waals surface area contributed by atoms with E-state index in [0.29, 0.717) is 6.04 Å². The molecule has 0 saturated heterocycles. The predicted molar refractivity (Wildman–Crippen MR) is 89.4 cm³/mol. The van der Waals surface area contributed by atoms with Crippen molar-refractivity contribution in [1.29, 1.82) is 0 Å². The van der Waals surface area contributed by atoms with Crippen LogP contribution in [-0.4, -0.2) is 31.6 Å². The summed E-state index contributed by atoms with van der Waals surface area (Å²) in [5.74, 6) is 0.767. The van der Waals surface area contributed by atoms with Crippen LogP contribution in [0.2, 0.25) is 5.02 Å². The minimum Gasteiger partial charge on any atom is -0.313 e. The summed E-state index contributed by atoms with van der Waals surface area (Å²) in [5, 5.41) is 4.25. The third-order valence-corrected chi connectivity index (χ3v) is 4.42. The summed E-state index contributed by atoms with van der Waals surface area (Å²) in [4.78, 5) is 2.54. The predicted octanol–water partition coefficient (Wildman–Crippen LogP) is 4.36. The molecule has 0 bridgehead atoms. The average molecular weight is 297 g/mol. The van der Waals surface area contributed by atoms with Crippen LogP contribution >= 0.6 is 11.6 Å². The first-order chi connectivity index (χ1) is 9.62. The second kappa shape index (κ2) is 9.38. The van der Waals surface area contributed by atoms with Crippen LogP contribution in [0.25, 0.3) is 0 Å². The molecular formula is C17H29ClN2. The van der Waals surface area contributed by atoms with Gasteiger partial charge in [-0.25, -0.2) is 0 Å². The molecule has 0 amide bonds. The Bertz CT molecular complexity index is 381. The van der Waals surface area contributed by atoms with Gasteiger partial charge in [0.05, 0.1) is 0 Å². The van der Waals surface area contributed by atoms with Gasteiger partial charge in [0.1, 0.15) is 0 Å². The Hall–Kier alpha value is -0.570. The van der Waals surface area contributed by atoms with E-state index in [1.807, 2.05) is 19.2 Å². The molecule has 0 aliphatic heterocycles. The molecule has 0 spiro atoms. The van der Waals surface area contributed by atoms with E-state index in [0.717, 1.165) is 30.5 Å². The fraction of sp³-hybridized carbons (Fsp3) is 0.647. The molecule has 1 rings (SSSR count). The van der Waals surface area contributed by atoms with Gasteiger partial charge in [-0.1, -0.05) is 57.0 Å². The average Bonchev–Trinajstić information content (AvgIpc) is 2.47. The van der Waals surface area contributed by atoms with Gasteiger partial charge in [0, 0.05) is 17.6 Å². The van der Waals surface area contributed by atoms with E-state index in [4.69, 9.17) is 11.6 Å². The van der Waals surface area contributed by atoms with Crippen LogP contribution in [0, 0.1) is 5.92 Å². The van der Waals surface area contributed by atoms with Crippen molar-refractivity contribution in [2.75, 3.05) is 26.7 Å². The molecule has 0 heterocycles. The highest BCUT2D eigenvalue weighted by atomic mass is 35.5. The van der Waals surface area contributed by atoms with Crippen molar-refractivity contribution in [1.82, 2.24) is 10.2 Å². The number of benzene rings is 1. The van der Waals surface area contributed by atoms with Gasteiger partial charge >= 0.3 is 0 Å². The van der Waals surface area contributed by atoms with Crippen LogP contribution in [0.4, 0.5) is 0 Å². The van der Waals surface area contributed by atoms with Gasteiger partial charge in [-0.05, 0) is 44.1 Å². The maximum Gasteiger partial charge on any atom is 0.0453 e. The van der Waals surface area contributed by atoms with E-state index in [9.17, 15) is 0 Å². The first kappa shape index (κ1) is 17.5. The van der Waals surface area contributed by atoms with Gasteiger partial charge in [-0.3, -0.25) is 0 Å². The largest absolute Gasteiger partial charge is 0.313 e. The van der Waals surface area contributed by atoms with E-state index in [1.165, 1.54) is 18.5 Å².